The van der Waals surface area contributed by atoms with Crippen molar-refractivity contribution in [2.45, 2.75) is 70.4 Å². The molecule has 0 radical (unpaired) electrons. The molecule has 128 valence electrons. The minimum atomic E-state index is -4.18. The van der Waals surface area contributed by atoms with Gasteiger partial charge in [-0.3, -0.25) is 0 Å². The molecule has 0 aliphatic rings. The first kappa shape index (κ1) is 20.7. The van der Waals surface area contributed by atoms with Gasteiger partial charge in [0, 0.05) is 33.7 Å². The number of unbranched alkanes of at least 4 members (excludes halogenated alkanes) is 4. The van der Waals surface area contributed by atoms with Crippen LogP contribution in [-0.4, -0.2) is 33.5 Å². The standard InChI is InChI=1S/C15H29F3O3/c1-5-6-7-8-9-10-13(11-12-14(16,17)18)15(19-2,20-3)21-4/h13H,5-12H2,1-4H3. The van der Waals surface area contributed by atoms with Crippen LogP contribution in [0.25, 0.3) is 0 Å². The van der Waals surface area contributed by atoms with Crippen LogP contribution >= 0.6 is 0 Å². The van der Waals surface area contributed by atoms with Gasteiger partial charge in [-0.2, -0.15) is 13.2 Å². The van der Waals surface area contributed by atoms with Crippen LogP contribution in [0.15, 0.2) is 0 Å². The van der Waals surface area contributed by atoms with Crippen molar-refractivity contribution in [2.75, 3.05) is 21.3 Å². The van der Waals surface area contributed by atoms with Crippen molar-refractivity contribution in [3.8, 4) is 0 Å². The van der Waals surface area contributed by atoms with Crippen LogP contribution in [0, 0.1) is 5.92 Å². The third-order valence-electron chi connectivity index (χ3n) is 3.79. The van der Waals surface area contributed by atoms with Crippen molar-refractivity contribution >= 4 is 0 Å². The molecule has 1 unspecified atom stereocenters. The van der Waals surface area contributed by atoms with Crippen molar-refractivity contribution in [3.63, 3.8) is 0 Å². The predicted molar refractivity (Wildman–Crippen MR) is 75.9 cm³/mol. The Morgan fingerprint density at radius 1 is 0.810 bits per heavy atom. The fraction of sp³-hybridized carbons (Fsp3) is 1.00. The summed E-state index contributed by atoms with van der Waals surface area (Å²) in [5.41, 5.74) is 0. The van der Waals surface area contributed by atoms with Crippen molar-refractivity contribution in [1.82, 2.24) is 0 Å². The number of halogens is 3. The van der Waals surface area contributed by atoms with Gasteiger partial charge in [0.2, 0.25) is 0 Å². The molecular weight excluding hydrogens is 285 g/mol. The van der Waals surface area contributed by atoms with Crippen LogP contribution < -0.4 is 0 Å². The van der Waals surface area contributed by atoms with Crippen molar-refractivity contribution in [2.24, 2.45) is 5.92 Å². The van der Waals surface area contributed by atoms with E-state index in [1.165, 1.54) is 21.3 Å². The first-order valence-corrected chi connectivity index (χ1v) is 7.57. The molecular formula is C15H29F3O3. The van der Waals surface area contributed by atoms with Gasteiger partial charge in [-0.15, -0.1) is 0 Å². The van der Waals surface area contributed by atoms with Crippen molar-refractivity contribution in [3.05, 3.63) is 0 Å². The van der Waals surface area contributed by atoms with Gasteiger partial charge in [0.1, 0.15) is 0 Å². The van der Waals surface area contributed by atoms with Crippen LogP contribution in [-0.2, 0) is 14.2 Å². The molecule has 0 heterocycles. The van der Waals surface area contributed by atoms with E-state index < -0.39 is 24.5 Å². The molecule has 0 aliphatic heterocycles. The normalized spacial score (nSPS) is 14.4. The Kier molecular flexibility index (Phi) is 10.2. The Labute approximate surface area is 126 Å². The Bertz CT molecular complexity index is 245. The second-order valence-electron chi connectivity index (χ2n) is 5.27. The van der Waals surface area contributed by atoms with Crippen LogP contribution in [0.2, 0.25) is 0 Å². The number of ether oxygens (including phenoxy) is 3. The highest BCUT2D eigenvalue weighted by atomic mass is 19.4. The van der Waals surface area contributed by atoms with E-state index in [9.17, 15) is 13.2 Å². The van der Waals surface area contributed by atoms with E-state index in [2.05, 4.69) is 6.92 Å². The Morgan fingerprint density at radius 3 is 1.76 bits per heavy atom. The number of hydrogen-bond donors (Lipinski definition) is 0. The maximum Gasteiger partial charge on any atom is 0.389 e. The van der Waals surface area contributed by atoms with Crippen LogP contribution in [0.5, 0.6) is 0 Å². The molecule has 0 bridgehead atoms. The maximum atomic E-state index is 12.5. The maximum absolute atomic E-state index is 12.5. The zero-order valence-corrected chi connectivity index (χ0v) is 13.6. The third kappa shape index (κ3) is 8.02. The molecule has 0 spiro atoms. The second kappa shape index (κ2) is 10.4. The second-order valence-corrected chi connectivity index (χ2v) is 5.27. The largest absolute Gasteiger partial charge is 0.389 e. The molecule has 21 heavy (non-hydrogen) atoms. The minimum absolute atomic E-state index is 0.0627. The zero-order valence-electron chi connectivity index (χ0n) is 13.6. The Hall–Kier alpha value is -0.330. The molecule has 0 aromatic rings. The van der Waals surface area contributed by atoms with E-state index in [-0.39, 0.29) is 6.42 Å². The average molecular weight is 314 g/mol. The molecule has 0 aromatic heterocycles. The van der Waals surface area contributed by atoms with E-state index in [0.717, 1.165) is 32.1 Å². The first-order valence-electron chi connectivity index (χ1n) is 7.57. The number of rotatable bonds is 12. The highest BCUT2D eigenvalue weighted by Crippen LogP contribution is 2.35. The lowest BCUT2D eigenvalue weighted by Gasteiger charge is -2.36. The summed E-state index contributed by atoms with van der Waals surface area (Å²) in [6.45, 7) is 2.12. The van der Waals surface area contributed by atoms with E-state index in [0.29, 0.717) is 6.42 Å². The quantitative estimate of drug-likeness (QED) is 0.379. The molecule has 0 amide bonds. The van der Waals surface area contributed by atoms with E-state index in [1.54, 1.807) is 0 Å². The van der Waals surface area contributed by atoms with E-state index in [1.807, 2.05) is 0 Å². The predicted octanol–water partition coefficient (Wildman–Crippen LogP) is 4.90. The summed E-state index contributed by atoms with van der Waals surface area (Å²) in [6, 6.07) is 0. The SMILES string of the molecule is CCCCCCCC(CCC(F)(F)F)C(OC)(OC)OC. The fourth-order valence-electron chi connectivity index (χ4n) is 2.58. The van der Waals surface area contributed by atoms with Gasteiger partial charge in [0.15, 0.2) is 0 Å². The van der Waals surface area contributed by atoms with Crippen LogP contribution in [0.1, 0.15) is 58.3 Å². The topological polar surface area (TPSA) is 27.7 Å². The van der Waals surface area contributed by atoms with E-state index in [4.69, 9.17) is 14.2 Å². The van der Waals surface area contributed by atoms with Crippen molar-refractivity contribution in [1.29, 1.82) is 0 Å². The molecule has 0 fully saturated rings. The summed E-state index contributed by atoms with van der Waals surface area (Å²) in [7, 11) is 4.18. The van der Waals surface area contributed by atoms with Gasteiger partial charge in [-0.25, -0.2) is 0 Å². The molecule has 0 rings (SSSR count). The molecule has 6 heteroatoms. The molecule has 1 atom stereocenters. The molecule has 0 aromatic carbocycles. The smallest absolute Gasteiger partial charge is 0.331 e. The summed E-state index contributed by atoms with van der Waals surface area (Å²) < 4.78 is 53.1. The van der Waals surface area contributed by atoms with Gasteiger partial charge in [-0.05, 0) is 12.8 Å². The van der Waals surface area contributed by atoms with Gasteiger partial charge in [0.05, 0.1) is 0 Å². The lowest BCUT2D eigenvalue weighted by molar-refractivity contribution is -0.381. The monoisotopic (exact) mass is 314 g/mol. The lowest BCUT2D eigenvalue weighted by atomic mass is 9.93. The fourth-order valence-corrected chi connectivity index (χ4v) is 2.58. The summed E-state index contributed by atoms with van der Waals surface area (Å²) in [6.07, 6.45) is 0.729. The third-order valence-corrected chi connectivity index (χ3v) is 3.79. The van der Waals surface area contributed by atoms with Gasteiger partial charge in [0.25, 0.3) is 5.97 Å². The number of hydrogen-bond acceptors (Lipinski definition) is 3. The highest BCUT2D eigenvalue weighted by Gasteiger charge is 2.41. The minimum Gasteiger partial charge on any atom is -0.331 e. The summed E-state index contributed by atoms with van der Waals surface area (Å²) in [5, 5.41) is 0. The number of alkyl halides is 3. The molecule has 0 aliphatic carbocycles. The first-order chi connectivity index (χ1) is 9.85. The Morgan fingerprint density at radius 2 is 1.33 bits per heavy atom. The van der Waals surface area contributed by atoms with E-state index >= 15 is 0 Å². The summed E-state index contributed by atoms with van der Waals surface area (Å²) in [4.78, 5) is 0. The highest BCUT2D eigenvalue weighted by molar-refractivity contribution is 4.73. The molecule has 0 saturated carbocycles. The van der Waals surface area contributed by atoms with Gasteiger partial charge < -0.3 is 14.2 Å². The van der Waals surface area contributed by atoms with Gasteiger partial charge in [-0.1, -0.05) is 39.0 Å². The lowest BCUT2D eigenvalue weighted by Crippen LogP contribution is -2.44. The summed E-state index contributed by atoms with van der Waals surface area (Å²) >= 11 is 0. The van der Waals surface area contributed by atoms with Crippen LogP contribution in [0.4, 0.5) is 13.2 Å². The number of methoxy groups -OCH3 is 3. The molecule has 0 N–H and O–H groups in total. The Balaban J connectivity index is 4.59. The summed E-state index contributed by atoms with van der Waals surface area (Å²) in [5.74, 6) is -1.84. The van der Waals surface area contributed by atoms with Crippen LogP contribution in [0.3, 0.4) is 0 Å². The molecule has 3 nitrogen and oxygen atoms in total. The van der Waals surface area contributed by atoms with Crippen molar-refractivity contribution < 1.29 is 27.4 Å². The average Bonchev–Trinajstić information content (AvgIpc) is 2.44. The zero-order chi connectivity index (χ0) is 16.4. The van der Waals surface area contributed by atoms with Gasteiger partial charge >= 0.3 is 6.18 Å². The molecule has 0 saturated heterocycles.